The van der Waals surface area contributed by atoms with Crippen LogP contribution in [0.25, 0.3) is 0 Å². The summed E-state index contributed by atoms with van der Waals surface area (Å²) < 4.78 is 10.4. The molecule has 7 heteroatoms. The minimum absolute atomic E-state index is 0.375. The second-order valence-electron chi connectivity index (χ2n) is 4.22. The van der Waals surface area contributed by atoms with Gasteiger partial charge < -0.3 is 14.5 Å². The molecule has 2 heterocycles. The van der Waals surface area contributed by atoms with E-state index in [-0.39, 0.29) is 0 Å². The van der Waals surface area contributed by atoms with Gasteiger partial charge in [-0.25, -0.2) is 15.0 Å². The molecule has 2 aromatic rings. The average Bonchev–Trinajstić information content (AvgIpc) is 2.82. The van der Waals surface area contributed by atoms with E-state index in [0.29, 0.717) is 17.7 Å². The van der Waals surface area contributed by atoms with Gasteiger partial charge in [-0.15, -0.1) is 0 Å². The van der Waals surface area contributed by atoms with Crippen LogP contribution in [0.1, 0.15) is 24.9 Å². The summed E-state index contributed by atoms with van der Waals surface area (Å²) >= 11 is 1.37. The molecule has 0 saturated heterocycles. The molecule has 0 amide bonds. The Labute approximate surface area is 122 Å². The molecule has 0 atom stereocenters. The molecule has 0 aliphatic heterocycles. The van der Waals surface area contributed by atoms with Gasteiger partial charge in [-0.2, -0.15) is 0 Å². The molecular weight excluding hydrogens is 276 g/mol. The molecule has 2 aromatic heterocycles. The predicted octanol–water partition coefficient (Wildman–Crippen LogP) is 2.89. The second kappa shape index (κ2) is 7.25. The summed E-state index contributed by atoms with van der Waals surface area (Å²) in [5.41, 5.74) is 0.850. The van der Waals surface area contributed by atoms with E-state index < -0.39 is 0 Å². The van der Waals surface area contributed by atoms with Crippen LogP contribution in [-0.2, 0) is 11.3 Å². The van der Waals surface area contributed by atoms with Crippen molar-refractivity contribution in [3.8, 4) is 0 Å². The number of rotatable bonds is 7. The lowest BCUT2D eigenvalue weighted by atomic mass is 10.4. The molecule has 0 bridgehead atoms. The van der Waals surface area contributed by atoms with Crippen molar-refractivity contribution in [3.63, 3.8) is 0 Å². The Kier molecular flexibility index (Phi) is 5.37. The Bertz CT molecular complexity index is 559. The molecule has 0 aliphatic carbocycles. The fraction of sp³-hybridized carbons (Fsp3) is 0.462. The minimum atomic E-state index is 0.375. The number of aryl methyl sites for hydroxylation is 1. The SMILES string of the molecule is CCCNc1cc(Sc2nc(C)co2)nc(COC)n1. The van der Waals surface area contributed by atoms with Crippen LogP contribution >= 0.6 is 11.8 Å². The van der Waals surface area contributed by atoms with E-state index in [1.54, 1.807) is 13.4 Å². The standard InChI is InChI=1S/C13H18N4O2S/c1-4-5-14-10-6-12(17-11(16-10)8-18-3)20-13-15-9(2)7-19-13/h6-7H,4-5,8H2,1-3H3,(H,14,16,17). The lowest BCUT2D eigenvalue weighted by molar-refractivity contribution is 0.177. The van der Waals surface area contributed by atoms with E-state index in [1.807, 2.05) is 13.0 Å². The highest BCUT2D eigenvalue weighted by atomic mass is 32.2. The normalized spacial score (nSPS) is 10.8. The zero-order valence-electron chi connectivity index (χ0n) is 11.8. The first kappa shape index (κ1) is 14.8. The lowest BCUT2D eigenvalue weighted by Crippen LogP contribution is -2.06. The van der Waals surface area contributed by atoms with Crippen molar-refractivity contribution in [3.05, 3.63) is 23.8 Å². The number of anilines is 1. The number of oxazole rings is 1. The summed E-state index contributed by atoms with van der Waals surface area (Å²) in [4.78, 5) is 13.1. The molecule has 0 unspecified atom stereocenters. The molecule has 0 aliphatic rings. The van der Waals surface area contributed by atoms with Crippen molar-refractivity contribution in [2.45, 2.75) is 37.1 Å². The number of hydrogen-bond donors (Lipinski definition) is 1. The average molecular weight is 294 g/mol. The van der Waals surface area contributed by atoms with Crippen molar-refractivity contribution in [2.75, 3.05) is 19.0 Å². The van der Waals surface area contributed by atoms with Crippen LogP contribution in [0.3, 0.4) is 0 Å². The van der Waals surface area contributed by atoms with Crippen LogP contribution in [0.4, 0.5) is 5.82 Å². The molecule has 0 radical (unpaired) electrons. The Hall–Kier alpha value is -1.60. The Balaban J connectivity index is 2.18. The summed E-state index contributed by atoms with van der Waals surface area (Å²) in [6, 6.07) is 1.89. The summed E-state index contributed by atoms with van der Waals surface area (Å²) in [5.74, 6) is 1.43. The largest absolute Gasteiger partial charge is 0.439 e. The lowest BCUT2D eigenvalue weighted by Gasteiger charge is -2.07. The van der Waals surface area contributed by atoms with Gasteiger partial charge in [0.25, 0.3) is 5.22 Å². The maximum absolute atomic E-state index is 5.33. The fourth-order valence-electron chi connectivity index (χ4n) is 1.53. The topological polar surface area (TPSA) is 73.1 Å². The second-order valence-corrected chi connectivity index (χ2v) is 5.20. The summed E-state index contributed by atoms with van der Waals surface area (Å²) in [7, 11) is 1.62. The highest BCUT2D eigenvalue weighted by molar-refractivity contribution is 7.99. The molecule has 0 fully saturated rings. The van der Waals surface area contributed by atoms with E-state index in [2.05, 4.69) is 27.2 Å². The zero-order chi connectivity index (χ0) is 14.4. The predicted molar refractivity (Wildman–Crippen MR) is 76.9 cm³/mol. The maximum atomic E-state index is 5.33. The first-order chi connectivity index (χ1) is 9.71. The number of aromatic nitrogens is 3. The highest BCUT2D eigenvalue weighted by Gasteiger charge is 2.09. The Morgan fingerprint density at radius 3 is 2.85 bits per heavy atom. The Morgan fingerprint density at radius 1 is 1.35 bits per heavy atom. The van der Waals surface area contributed by atoms with Crippen molar-refractivity contribution < 1.29 is 9.15 Å². The van der Waals surface area contributed by atoms with Crippen molar-refractivity contribution in [2.24, 2.45) is 0 Å². The van der Waals surface area contributed by atoms with Gasteiger partial charge in [0.15, 0.2) is 5.82 Å². The third kappa shape index (κ3) is 4.21. The molecule has 108 valence electrons. The van der Waals surface area contributed by atoms with Crippen molar-refractivity contribution in [1.29, 1.82) is 0 Å². The minimum Gasteiger partial charge on any atom is -0.439 e. The van der Waals surface area contributed by atoms with Gasteiger partial charge in [-0.3, -0.25) is 0 Å². The first-order valence-corrected chi connectivity index (χ1v) is 7.23. The smallest absolute Gasteiger partial charge is 0.262 e. The van der Waals surface area contributed by atoms with Crippen LogP contribution in [0, 0.1) is 6.92 Å². The molecule has 6 nitrogen and oxygen atoms in total. The molecule has 0 spiro atoms. The van der Waals surface area contributed by atoms with Crippen LogP contribution in [0.5, 0.6) is 0 Å². The number of ether oxygens (including phenoxy) is 1. The summed E-state index contributed by atoms with van der Waals surface area (Å²) in [6.07, 6.45) is 2.65. The van der Waals surface area contributed by atoms with Gasteiger partial charge in [-0.05, 0) is 25.1 Å². The molecule has 0 aromatic carbocycles. The van der Waals surface area contributed by atoms with E-state index in [0.717, 1.165) is 29.5 Å². The highest BCUT2D eigenvalue weighted by Crippen LogP contribution is 2.26. The van der Waals surface area contributed by atoms with Crippen LogP contribution < -0.4 is 5.32 Å². The van der Waals surface area contributed by atoms with Gasteiger partial charge in [0.1, 0.15) is 23.7 Å². The summed E-state index contributed by atoms with van der Waals surface area (Å²) in [6.45, 7) is 5.24. The van der Waals surface area contributed by atoms with Gasteiger partial charge in [0, 0.05) is 19.7 Å². The van der Waals surface area contributed by atoms with Gasteiger partial charge in [0.2, 0.25) is 0 Å². The van der Waals surface area contributed by atoms with Crippen molar-refractivity contribution >= 4 is 17.6 Å². The van der Waals surface area contributed by atoms with Crippen LogP contribution in [-0.4, -0.2) is 28.6 Å². The van der Waals surface area contributed by atoms with Gasteiger partial charge in [-0.1, -0.05) is 6.92 Å². The maximum Gasteiger partial charge on any atom is 0.262 e. The van der Waals surface area contributed by atoms with Crippen molar-refractivity contribution in [1.82, 2.24) is 15.0 Å². The number of hydrogen-bond acceptors (Lipinski definition) is 7. The zero-order valence-corrected chi connectivity index (χ0v) is 12.7. The molecule has 2 rings (SSSR count). The quantitative estimate of drug-likeness (QED) is 0.787. The Morgan fingerprint density at radius 2 is 2.20 bits per heavy atom. The first-order valence-electron chi connectivity index (χ1n) is 6.42. The van der Waals surface area contributed by atoms with Gasteiger partial charge in [0.05, 0.1) is 5.69 Å². The van der Waals surface area contributed by atoms with Gasteiger partial charge >= 0.3 is 0 Å². The number of methoxy groups -OCH3 is 1. The fourth-order valence-corrected chi connectivity index (χ4v) is 2.32. The van der Waals surface area contributed by atoms with Crippen LogP contribution in [0.15, 0.2) is 27.0 Å². The molecule has 20 heavy (non-hydrogen) atoms. The van der Waals surface area contributed by atoms with E-state index in [4.69, 9.17) is 9.15 Å². The van der Waals surface area contributed by atoms with E-state index in [1.165, 1.54) is 11.8 Å². The molecular formula is C13H18N4O2S. The monoisotopic (exact) mass is 294 g/mol. The summed E-state index contributed by atoms with van der Waals surface area (Å²) in [5, 5.41) is 4.61. The van der Waals surface area contributed by atoms with Crippen LogP contribution in [0.2, 0.25) is 0 Å². The molecule has 1 N–H and O–H groups in total. The number of nitrogens with one attached hydrogen (secondary N) is 1. The molecule has 0 saturated carbocycles. The van der Waals surface area contributed by atoms with E-state index >= 15 is 0 Å². The third-order valence-corrected chi connectivity index (χ3v) is 3.15. The van der Waals surface area contributed by atoms with E-state index in [9.17, 15) is 0 Å². The number of nitrogens with zero attached hydrogens (tertiary/aromatic N) is 3. The third-order valence-electron chi connectivity index (χ3n) is 2.37.